The Labute approximate surface area is 127 Å². The van der Waals surface area contributed by atoms with Gasteiger partial charge in [0.1, 0.15) is 0 Å². The fraction of sp³-hybridized carbons (Fsp3) is 0.188. The van der Waals surface area contributed by atoms with Crippen LogP contribution in [0.25, 0.3) is 10.2 Å². The van der Waals surface area contributed by atoms with Crippen LogP contribution in [0.5, 0.6) is 0 Å². The summed E-state index contributed by atoms with van der Waals surface area (Å²) in [6.07, 6.45) is 1.94. The number of halogens is 1. The first-order chi connectivity index (χ1) is 9.74. The van der Waals surface area contributed by atoms with Crippen LogP contribution in [0.2, 0.25) is 5.02 Å². The molecule has 1 aromatic carbocycles. The molecule has 3 aromatic rings. The molecule has 1 unspecified atom stereocenters. The molecule has 4 heteroatoms. The second-order valence-electron chi connectivity index (χ2n) is 4.77. The van der Waals surface area contributed by atoms with E-state index in [1.165, 1.54) is 10.3 Å². The van der Waals surface area contributed by atoms with Gasteiger partial charge in [0.25, 0.3) is 0 Å². The summed E-state index contributed by atoms with van der Waals surface area (Å²) >= 11 is 7.89. The maximum atomic E-state index is 6.17. The lowest BCUT2D eigenvalue weighted by molar-refractivity contribution is 0.574. The van der Waals surface area contributed by atoms with Crippen molar-refractivity contribution in [2.45, 2.75) is 19.5 Å². The standard InChI is InChI=1S/C16H15ClN2S/c1-11(18-9-12-4-2-3-5-14(12)17)13-8-16-15(19-10-13)6-7-20-16/h2-8,10-11,18H,9H2,1H3. The van der Waals surface area contributed by atoms with Crippen molar-refractivity contribution in [3.8, 4) is 0 Å². The second kappa shape index (κ2) is 5.92. The summed E-state index contributed by atoms with van der Waals surface area (Å²) in [5, 5.41) is 6.37. The van der Waals surface area contributed by atoms with E-state index in [0.29, 0.717) is 0 Å². The molecular weight excluding hydrogens is 288 g/mol. The van der Waals surface area contributed by atoms with E-state index >= 15 is 0 Å². The monoisotopic (exact) mass is 302 g/mol. The zero-order chi connectivity index (χ0) is 13.9. The molecule has 2 aromatic heterocycles. The van der Waals surface area contributed by atoms with E-state index < -0.39 is 0 Å². The molecule has 20 heavy (non-hydrogen) atoms. The molecule has 0 bridgehead atoms. The van der Waals surface area contributed by atoms with Crippen molar-refractivity contribution >= 4 is 33.2 Å². The Hall–Kier alpha value is -1.42. The van der Waals surface area contributed by atoms with Gasteiger partial charge in [-0.2, -0.15) is 0 Å². The number of nitrogens with one attached hydrogen (secondary N) is 1. The first-order valence-corrected chi connectivity index (χ1v) is 7.80. The van der Waals surface area contributed by atoms with Crippen molar-refractivity contribution in [1.29, 1.82) is 0 Å². The van der Waals surface area contributed by atoms with E-state index in [1.54, 1.807) is 11.3 Å². The molecular formula is C16H15ClN2S. The molecule has 0 aliphatic rings. The van der Waals surface area contributed by atoms with Gasteiger partial charge >= 0.3 is 0 Å². The lowest BCUT2D eigenvalue weighted by Crippen LogP contribution is -2.18. The predicted molar refractivity (Wildman–Crippen MR) is 86.3 cm³/mol. The molecule has 0 saturated heterocycles. The average Bonchev–Trinajstić information content (AvgIpc) is 2.93. The first kappa shape index (κ1) is 13.6. The van der Waals surface area contributed by atoms with Crippen molar-refractivity contribution in [2.75, 3.05) is 0 Å². The zero-order valence-corrected chi connectivity index (χ0v) is 12.7. The summed E-state index contributed by atoms with van der Waals surface area (Å²) < 4.78 is 1.23. The van der Waals surface area contributed by atoms with E-state index in [0.717, 1.165) is 22.6 Å². The molecule has 102 valence electrons. The van der Waals surface area contributed by atoms with Crippen molar-refractivity contribution in [2.24, 2.45) is 0 Å². The topological polar surface area (TPSA) is 24.9 Å². The maximum absolute atomic E-state index is 6.17. The maximum Gasteiger partial charge on any atom is 0.0809 e. The number of pyridine rings is 1. The Bertz CT molecular complexity index is 723. The summed E-state index contributed by atoms with van der Waals surface area (Å²) in [5.74, 6) is 0. The number of nitrogens with zero attached hydrogens (tertiary/aromatic N) is 1. The Morgan fingerprint density at radius 1 is 1.30 bits per heavy atom. The first-order valence-electron chi connectivity index (χ1n) is 6.54. The Kier molecular flexibility index (Phi) is 4.01. The molecule has 2 heterocycles. The largest absolute Gasteiger partial charge is 0.306 e. The van der Waals surface area contributed by atoms with Crippen LogP contribution >= 0.6 is 22.9 Å². The van der Waals surface area contributed by atoms with Crippen molar-refractivity contribution in [3.63, 3.8) is 0 Å². The number of aromatic nitrogens is 1. The lowest BCUT2D eigenvalue weighted by Gasteiger charge is -2.14. The van der Waals surface area contributed by atoms with E-state index in [1.807, 2.05) is 36.5 Å². The molecule has 0 amide bonds. The summed E-state index contributed by atoms with van der Waals surface area (Å²) in [4.78, 5) is 4.48. The SMILES string of the molecule is CC(NCc1ccccc1Cl)c1cnc2ccsc2c1. The van der Waals surface area contributed by atoms with E-state index in [-0.39, 0.29) is 6.04 Å². The quantitative estimate of drug-likeness (QED) is 0.749. The van der Waals surface area contributed by atoms with Crippen LogP contribution in [-0.4, -0.2) is 4.98 Å². The van der Waals surface area contributed by atoms with Crippen molar-refractivity contribution in [3.05, 3.63) is 64.1 Å². The van der Waals surface area contributed by atoms with Gasteiger partial charge in [0, 0.05) is 23.8 Å². The third kappa shape index (κ3) is 2.85. The van der Waals surface area contributed by atoms with Gasteiger partial charge < -0.3 is 5.32 Å². The zero-order valence-electron chi connectivity index (χ0n) is 11.1. The van der Waals surface area contributed by atoms with E-state index in [9.17, 15) is 0 Å². The number of rotatable bonds is 4. The van der Waals surface area contributed by atoms with E-state index in [2.05, 4.69) is 28.7 Å². The smallest absolute Gasteiger partial charge is 0.0809 e. The van der Waals surface area contributed by atoms with Gasteiger partial charge in [-0.15, -0.1) is 11.3 Å². The number of hydrogen-bond donors (Lipinski definition) is 1. The molecule has 2 nitrogen and oxygen atoms in total. The third-order valence-electron chi connectivity index (χ3n) is 3.38. The Morgan fingerprint density at radius 3 is 3.00 bits per heavy atom. The molecule has 3 rings (SSSR count). The molecule has 0 aliphatic heterocycles. The van der Waals surface area contributed by atoms with Gasteiger partial charge in [0.2, 0.25) is 0 Å². The van der Waals surface area contributed by atoms with Crippen molar-refractivity contribution in [1.82, 2.24) is 10.3 Å². The van der Waals surface area contributed by atoms with Crippen LogP contribution < -0.4 is 5.32 Å². The minimum Gasteiger partial charge on any atom is -0.306 e. The fourth-order valence-corrected chi connectivity index (χ4v) is 3.11. The Morgan fingerprint density at radius 2 is 2.15 bits per heavy atom. The molecule has 0 spiro atoms. The molecule has 0 radical (unpaired) electrons. The van der Waals surface area contributed by atoms with Crippen LogP contribution in [0.4, 0.5) is 0 Å². The summed E-state index contributed by atoms with van der Waals surface area (Å²) in [7, 11) is 0. The van der Waals surface area contributed by atoms with Gasteiger partial charge in [-0.25, -0.2) is 0 Å². The molecule has 0 saturated carbocycles. The average molecular weight is 303 g/mol. The number of hydrogen-bond acceptors (Lipinski definition) is 3. The molecule has 0 aliphatic carbocycles. The van der Waals surface area contributed by atoms with Gasteiger partial charge in [0.05, 0.1) is 10.2 Å². The number of fused-ring (bicyclic) bond motifs is 1. The predicted octanol–water partition coefficient (Wildman–Crippen LogP) is 4.80. The third-order valence-corrected chi connectivity index (χ3v) is 4.60. The highest BCUT2D eigenvalue weighted by Gasteiger charge is 2.08. The Balaban J connectivity index is 1.72. The second-order valence-corrected chi connectivity index (χ2v) is 6.12. The van der Waals surface area contributed by atoms with Gasteiger partial charge in [0.15, 0.2) is 0 Å². The van der Waals surface area contributed by atoms with Crippen LogP contribution in [0, 0.1) is 0 Å². The van der Waals surface area contributed by atoms with Crippen LogP contribution in [-0.2, 0) is 6.54 Å². The number of benzene rings is 1. The van der Waals surface area contributed by atoms with Gasteiger partial charge in [-0.05, 0) is 41.6 Å². The summed E-state index contributed by atoms with van der Waals surface area (Å²) in [6.45, 7) is 2.90. The lowest BCUT2D eigenvalue weighted by atomic mass is 10.1. The highest BCUT2D eigenvalue weighted by Crippen LogP contribution is 2.23. The van der Waals surface area contributed by atoms with Crippen molar-refractivity contribution < 1.29 is 0 Å². The highest BCUT2D eigenvalue weighted by atomic mass is 35.5. The minimum atomic E-state index is 0.241. The summed E-state index contributed by atoms with van der Waals surface area (Å²) in [5.41, 5.74) is 3.38. The highest BCUT2D eigenvalue weighted by molar-refractivity contribution is 7.17. The van der Waals surface area contributed by atoms with Crippen LogP contribution in [0.15, 0.2) is 48.0 Å². The fourth-order valence-electron chi connectivity index (χ4n) is 2.12. The normalized spacial score (nSPS) is 12.7. The summed E-state index contributed by atoms with van der Waals surface area (Å²) in [6, 6.07) is 12.4. The van der Waals surface area contributed by atoms with Gasteiger partial charge in [-0.1, -0.05) is 29.8 Å². The molecule has 0 fully saturated rings. The number of thiophene rings is 1. The molecule has 1 atom stereocenters. The van der Waals surface area contributed by atoms with E-state index in [4.69, 9.17) is 11.6 Å². The van der Waals surface area contributed by atoms with Gasteiger partial charge in [-0.3, -0.25) is 4.98 Å². The molecule has 1 N–H and O–H groups in total. The van der Waals surface area contributed by atoms with Crippen LogP contribution in [0.3, 0.4) is 0 Å². The minimum absolute atomic E-state index is 0.241. The van der Waals surface area contributed by atoms with Crippen LogP contribution in [0.1, 0.15) is 24.1 Å².